The molecule has 1 aromatic heterocycles. The Morgan fingerprint density at radius 2 is 1.77 bits per heavy atom. The van der Waals surface area contributed by atoms with Crippen molar-refractivity contribution in [3.8, 4) is 5.75 Å². The number of nitrogens with one attached hydrogen (secondary N) is 4. The van der Waals surface area contributed by atoms with Crippen LogP contribution in [0.2, 0.25) is 5.02 Å². The van der Waals surface area contributed by atoms with Gasteiger partial charge in [-0.15, -0.1) is 11.8 Å². The number of para-hydroxylation sites is 1. The Morgan fingerprint density at radius 3 is 2.52 bits per heavy atom. The summed E-state index contributed by atoms with van der Waals surface area (Å²) in [5, 5.41) is 12.5. The largest absolute Gasteiger partial charge is 0.494 e. The van der Waals surface area contributed by atoms with E-state index in [1.807, 2.05) is 30.3 Å². The molecule has 0 bridgehead atoms. The average Bonchev–Trinajstić information content (AvgIpc) is 3.59. The number of ether oxygens (including phenoxy) is 1. The SMILES string of the molecule is COc1cc(N2CCC(NC(=O)CCCSc3cccc4c3CN(C3CCC(=O)NC3=O)C4=O)CC2)ccc1Nc1ncc(Cl)c(Nc2ccccc2P(=O)(OC)OC)n1. The van der Waals surface area contributed by atoms with E-state index < -0.39 is 19.5 Å². The van der Waals surface area contributed by atoms with E-state index in [4.69, 9.17) is 25.4 Å². The maximum Gasteiger partial charge on any atom is 0.362 e. The fraction of sp³-hybridized carbons (Fsp3) is 0.366. The van der Waals surface area contributed by atoms with Crippen LogP contribution in [0.1, 0.15) is 54.4 Å². The number of carbonyl (C=O) groups excluding carboxylic acids is 4. The zero-order valence-electron chi connectivity index (χ0n) is 33.4. The molecule has 4 amide bonds. The molecule has 4 heterocycles. The van der Waals surface area contributed by atoms with Crippen LogP contribution in [0.25, 0.3) is 0 Å². The Morgan fingerprint density at radius 1 is 0.983 bits per heavy atom. The number of amides is 4. The Bertz CT molecular complexity index is 2320. The number of piperidine rings is 2. The first-order valence-corrected chi connectivity index (χ1v) is 22.4. The van der Waals surface area contributed by atoms with Gasteiger partial charge in [0, 0.05) is 75.0 Å². The summed E-state index contributed by atoms with van der Waals surface area (Å²) in [7, 11) is 0.649. The number of thioether (sulfide) groups is 1. The van der Waals surface area contributed by atoms with Crippen LogP contribution < -0.4 is 36.2 Å². The van der Waals surface area contributed by atoms with E-state index in [1.165, 1.54) is 20.4 Å². The van der Waals surface area contributed by atoms with Gasteiger partial charge in [0.25, 0.3) is 5.91 Å². The molecule has 4 aromatic rings. The second kappa shape index (κ2) is 19.0. The van der Waals surface area contributed by atoms with Crippen molar-refractivity contribution in [2.75, 3.05) is 55.7 Å². The van der Waals surface area contributed by atoms with Gasteiger partial charge in [0.2, 0.25) is 23.7 Å². The van der Waals surface area contributed by atoms with Crippen LogP contribution >= 0.6 is 31.0 Å². The lowest BCUT2D eigenvalue weighted by Crippen LogP contribution is -2.52. The van der Waals surface area contributed by atoms with Gasteiger partial charge in [-0.25, -0.2) is 4.98 Å². The smallest absolute Gasteiger partial charge is 0.362 e. The van der Waals surface area contributed by atoms with Gasteiger partial charge in [-0.3, -0.25) is 29.1 Å². The topological polar surface area (TPSA) is 193 Å². The average molecular weight is 877 g/mol. The van der Waals surface area contributed by atoms with E-state index >= 15 is 0 Å². The van der Waals surface area contributed by atoms with Gasteiger partial charge in [0.05, 0.1) is 30.0 Å². The summed E-state index contributed by atoms with van der Waals surface area (Å²) in [4.78, 5) is 63.9. The molecule has 0 radical (unpaired) electrons. The lowest BCUT2D eigenvalue weighted by molar-refractivity contribution is -0.137. The van der Waals surface area contributed by atoms with E-state index in [-0.39, 0.29) is 47.0 Å². The van der Waals surface area contributed by atoms with Crippen LogP contribution in [0.5, 0.6) is 5.75 Å². The fourth-order valence-corrected chi connectivity index (χ4v) is 9.93. The summed E-state index contributed by atoms with van der Waals surface area (Å²) in [6.07, 6.45) is 4.63. The number of fused-ring (bicyclic) bond motifs is 1. The maximum absolute atomic E-state index is 13.2. The molecule has 7 rings (SSSR count). The molecule has 3 aromatic carbocycles. The third-order valence-corrected chi connectivity index (χ3v) is 14.1. The molecular formula is C41H46ClN8O8PS. The van der Waals surface area contributed by atoms with Crippen molar-refractivity contribution in [3.63, 3.8) is 0 Å². The second-order valence-corrected chi connectivity index (χ2v) is 18.1. The predicted octanol–water partition coefficient (Wildman–Crippen LogP) is 6.16. The van der Waals surface area contributed by atoms with Crippen LogP contribution in [-0.4, -0.2) is 90.8 Å². The molecule has 16 nitrogen and oxygen atoms in total. The van der Waals surface area contributed by atoms with Crippen LogP contribution in [0.3, 0.4) is 0 Å². The number of rotatable bonds is 16. The third kappa shape index (κ3) is 9.55. The van der Waals surface area contributed by atoms with E-state index in [0.717, 1.165) is 42.1 Å². The molecule has 1 unspecified atom stereocenters. The summed E-state index contributed by atoms with van der Waals surface area (Å²) in [5.41, 5.74) is 3.54. The van der Waals surface area contributed by atoms with E-state index in [1.54, 1.807) is 54.1 Å². The fourth-order valence-electron chi connectivity index (χ4n) is 7.52. The van der Waals surface area contributed by atoms with Gasteiger partial charge in [-0.2, -0.15) is 4.98 Å². The maximum atomic E-state index is 13.2. The Labute approximate surface area is 357 Å². The lowest BCUT2D eigenvalue weighted by atomic mass is 10.0. The number of hydrogen-bond acceptors (Lipinski definition) is 14. The quantitative estimate of drug-likeness (QED) is 0.0433. The third-order valence-electron chi connectivity index (χ3n) is 10.7. The predicted molar refractivity (Wildman–Crippen MR) is 230 cm³/mol. The highest BCUT2D eigenvalue weighted by molar-refractivity contribution is 7.99. The summed E-state index contributed by atoms with van der Waals surface area (Å²) < 4.78 is 29.3. The molecule has 2 fully saturated rings. The normalized spacial score (nSPS) is 17.0. The molecule has 4 N–H and O–H groups in total. The highest BCUT2D eigenvalue weighted by atomic mass is 35.5. The Balaban J connectivity index is 0.879. The first kappa shape index (κ1) is 42.9. The van der Waals surface area contributed by atoms with Gasteiger partial charge >= 0.3 is 7.60 Å². The molecule has 3 aliphatic rings. The van der Waals surface area contributed by atoms with Crippen molar-refractivity contribution in [2.45, 2.75) is 62.0 Å². The van der Waals surface area contributed by atoms with E-state index in [0.29, 0.717) is 59.6 Å². The summed E-state index contributed by atoms with van der Waals surface area (Å²) >= 11 is 8.06. The van der Waals surface area contributed by atoms with Crippen molar-refractivity contribution in [2.24, 2.45) is 0 Å². The van der Waals surface area contributed by atoms with Gasteiger partial charge in [-0.1, -0.05) is 29.8 Å². The number of halogens is 1. The molecule has 19 heteroatoms. The monoisotopic (exact) mass is 876 g/mol. The first-order valence-electron chi connectivity index (χ1n) is 19.5. The van der Waals surface area contributed by atoms with Crippen LogP contribution in [-0.2, 0) is 34.5 Å². The van der Waals surface area contributed by atoms with Gasteiger partial charge < -0.3 is 39.5 Å². The standard InChI is InChI=1S/C41H46ClN8O8PS/c1-56-33-22-26(13-14-30(33)46-41-43-23-29(42)38(48-41)45-31-9-4-5-10-34(31)59(55,57-2)58-3)49-19-17-25(18-20-49)44-36(51)12-7-21-60-35-11-6-8-27-28(35)24-50(40(27)54)32-15-16-37(52)47-39(32)53/h4-6,8-11,13-14,22-23,25,32H,7,12,15-21,24H2,1-3H3,(H,44,51)(H,47,52,53)(H2,43,45,46,48). The Hall–Kier alpha value is -5.19. The number of benzene rings is 3. The minimum Gasteiger partial charge on any atom is -0.494 e. The van der Waals surface area contributed by atoms with E-state index in [2.05, 4.69) is 36.1 Å². The number of carbonyl (C=O) groups is 4. The molecule has 0 spiro atoms. The minimum atomic E-state index is -3.58. The number of hydrogen-bond donors (Lipinski definition) is 4. The zero-order chi connectivity index (χ0) is 42.4. The summed E-state index contributed by atoms with van der Waals surface area (Å²) in [5.74, 6) is 0.890. The molecule has 1 atom stereocenters. The van der Waals surface area contributed by atoms with Crippen molar-refractivity contribution >= 4 is 88.7 Å². The van der Waals surface area contributed by atoms with Crippen molar-refractivity contribution in [1.82, 2.24) is 25.5 Å². The van der Waals surface area contributed by atoms with Crippen molar-refractivity contribution in [1.29, 1.82) is 0 Å². The summed E-state index contributed by atoms with van der Waals surface area (Å²) in [6.45, 7) is 1.82. The molecule has 0 aliphatic carbocycles. The van der Waals surface area contributed by atoms with Crippen LogP contribution in [0.4, 0.5) is 28.8 Å². The van der Waals surface area contributed by atoms with Crippen LogP contribution in [0.15, 0.2) is 71.8 Å². The second-order valence-electron chi connectivity index (χ2n) is 14.4. The number of methoxy groups -OCH3 is 1. The molecule has 0 saturated carbocycles. The van der Waals surface area contributed by atoms with Gasteiger partial charge in [-0.05, 0) is 73.4 Å². The first-order chi connectivity index (χ1) is 29.0. The van der Waals surface area contributed by atoms with Gasteiger partial charge in [0.1, 0.15) is 16.8 Å². The number of nitrogens with zero attached hydrogens (tertiary/aromatic N) is 4. The zero-order valence-corrected chi connectivity index (χ0v) is 35.8. The number of imide groups is 1. The highest BCUT2D eigenvalue weighted by Crippen LogP contribution is 2.47. The van der Waals surface area contributed by atoms with E-state index in [9.17, 15) is 23.7 Å². The molecular weight excluding hydrogens is 831 g/mol. The number of aromatic nitrogens is 2. The highest BCUT2D eigenvalue weighted by Gasteiger charge is 2.40. The molecule has 60 heavy (non-hydrogen) atoms. The van der Waals surface area contributed by atoms with Crippen molar-refractivity contribution in [3.05, 3.63) is 83.0 Å². The van der Waals surface area contributed by atoms with Crippen molar-refractivity contribution < 1.29 is 37.5 Å². The van der Waals surface area contributed by atoms with Gasteiger partial charge in [0.15, 0.2) is 5.82 Å². The molecule has 2 saturated heterocycles. The van der Waals surface area contributed by atoms with Crippen LogP contribution in [0, 0.1) is 0 Å². The molecule has 3 aliphatic heterocycles. The number of anilines is 5. The molecule has 316 valence electrons. The Kier molecular flexibility index (Phi) is 13.6. The minimum absolute atomic E-state index is 0.0144. The lowest BCUT2D eigenvalue weighted by Gasteiger charge is -2.34. The summed E-state index contributed by atoms with van der Waals surface area (Å²) in [6, 6.07) is 17.7.